The number of guanidine groups is 1. The molecule has 0 fully saturated rings. The lowest BCUT2D eigenvalue weighted by atomic mass is 10.3. The van der Waals surface area contributed by atoms with E-state index in [9.17, 15) is 8.42 Å². The number of hydrogen-bond acceptors (Lipinski definition) is 7. The number of nitrogens with one attached hydrogen (secondary N) is 2. The third-order valence-electron chi connectivity index (χ3n) is 2.92. The van der Waals surface area contributed by atoms with Crippen molar-refractivity contribution in [2.75, 3.05) is 39.9 Å². The molecule has 1 aliphatic rings. The summed E-state index contributed by atoms with van der Waals surface area (Å²) in [4.78, 5) is 6.11. The topological polar surface area (TPSA) is 92.3 Å². The van der Waals surface area contributed by atoms with E-state index in [2.05, 4.69) is 15.0 Å². The minimum atomic E-state index is -3.30. The number of hydrogen-bond donors (Lipinski definition) is 2. The minimum Gasteiger partial charge on any atom is -0.493 e. The van der Waals surface area contributed by atoms with Crippen molar-refractivity contribution in [2.45, 2.75) is 0 Å². The van der Waals surface area contributed by atoms with Crippen LogP contribution >= 0.6 is 0 Å². The third kappa shape index (κ3) is 5.08. The second-order valence-electron chi connectivity index (χ2n) is 4.75. The summed E-state index contributed by atoms with van der Waals surface area (Å²) in [5, 5.41) is 2.90. The molecule has 2 N–H and O–H groups in total. The van der Waals surface area contributed by atoms with Gasteiger partial charge in [-0.15, -0.1) is 0 Å². The quantitative estimate of drug-likeness (QED) is 0.751. The molecular weight excluding hydrogens is 308 g/mol. The average molecular weight is 328 g/mol. The van der Waals surface area contributed by atoms with Gasteiger partial charge in [0, 0.05) is 6.54 Å². The van der Waals surface area contributed by atoms with Crippen LogP contribution in [0.5, 0.6) is 11.5 Å². The Balaban J connectivity index is 1.77. The SMILES string of the molecule is COc1ccccc1OCCN1CN=C(NS(C)(=O)=O)NC1. The van der Waals surface area contributed by atoms with Crippen molar-refractivity contribution in [3.63, 3.8) is 0 Å². The monoisotopic (exact) mass is 328 g/mol. The molecule has 0 amide bonds. The van der Waals surface area contributed by atoms with Crippen molar-refractivity contribution >= 4 is 16.0 Å². The highest BCUT2D eigenvalue weighted by molar-refractivity contribution is 7.89. The fraction of sp³-hybridized carbons (Fsp3) is 0.462. The smallest absolute Gasteiger partial charge is 0.232 e. The second kappa shape index (κ2) is 7.32. The van der Waals surface area contributed by atoms with Crippen LogP contribution in [0.15, 0.2) is 29.3 Å². The molecule has 0 bridgehead atoms. The summed E-state index contributed by atoms with van der Waals surface area (Å²) >= 11 is 0. The number of aliphatic imine (C=N–C) groups is 1. The summed E-state index contributed by atoms with van der Waals surface area (Å²) in [6.45, 7) is 2.03. The summed E-state index contributed by atoms with van der Waals surface area (Å²) < 4.78 is 35.4. The van der Waals surface area contributed by atoms with Crippen LogP contribution in [0.25, 0.3) is 0 Å². The van der Waals surface area contributed by atoms with E-state index in [0.29, 0.717) is 38.0 Å². The number of sulfonamides is 1. The molecule has 1 aromatic rings. The summed E-state index contributed by atoms with van der Waals surface area (Å²) in [6, 6.07) is 7.45. The number of ether oxygens (including phenoxy) is 2. The van der Waals surface area contributed by atoms with Gasteiger partial charge in [0.1, 0.15) is 6.61 Å². The van der Waals surface area contributed by atoms with Gasteiger partial charge in [0.25, 0.3) is 0 Å². The molecule has 0 saturated carbocycles. The van der Waals surface area contributed by atoms with E-state index in [1.54, 1.807) is 7.11 Å². The highest BCUT2D eigenvalue weighted by Crippen LogP contribution is 2.25. The maximum Gasteiger partial charge on any atom is 0.232 e. The second-order valence-corrected chi connectivity index (χ2v) is 6.50. The molecule has 8 nitrogen and oxygen atoms in total. The van der Waals surface area contributed by atoms with Gasteiger partial charge in [-0.25, -0.2) is 13.4 Å². The average Bonchev–Trinajstić information content (AvgIpc) is 2.48. The van der Waals surface area contributed by atoms with Gasteiger partial charge in [0.05, 0.1) is 26.7 Å². The molecule has 2 rings (SSSR count). The molecular formula is C13H20N4O4S. The van der Waals surface area contributed by atoms with E-state index in [-0.39, 0.29) is 5.96 Å². The Bertz CT molecular complexity index is 633. The van der Waals surface area contributed by atoms with Gasteiger partial charge in [0.15, 0.2) is 11.5 Å². The van der Waals surface area contributed by atoms with Gasteiger partial charge in [-0.1, -0.05) is 12.1 Å². The van der Waals surface area contributed by atoms with Gasteiger partial charge >= 0.3 is 0 Å². The standard InChI is InChI=1S/C13H20N4O4S/c1-20-11-5-3-4-6-12(11)21-8-7-17-9-14-13(15-10-17)16-22(2,18)19/h3-6H,7-10H2,1-2H3,(H2,14,15,16). The van der Waals surface area contributed by atoms with E-state index in [0.717, 1.165) is 6.26 Å². The first-order valence-corrected chi connectivity index (χ1v) is 8.61. The number of methoxy groups -OCH3 is 1. The van der Waals surface area contributed by atoms with Crippen LogP contribution in [0.4, 0.5) is 0 Å². The van der Waals surface area contributed by atoms with E-state index in [1.807, 2.05) is 29.2 Å². The fourth-order valence-electron chi connectivity index (χ4n) is 1.88. The highest BCUT2D eigenvalue weighted by Gasteiger charge is 2.14. The molecule has 0 atom stereocenters. The number of para-hydroxylation sites is 2. The summed E-state index contributed by atoms with van der Waals surface area (Å²) in [5.74, 6) is 1.65. The molecule has 0 unspecified atom stereocenters. The summed E-state index contributed by atoms with van der Waals surface area (Å²) in [7, 11) is -1.70. The Morgan fingerprint density at radius 2 is 2.09 bits per heavy atom. The normalized spacial score (nSPS) is 15.6. The van der Waals surface area contributed by atoms with Crippen molar-refractivity contribution in [1.82, 2.24) is 14.9 Å². The zero-order valence-corrected chi connectivity index (χ0v) is 13.4. The van der Waals surface area contributed by atoms with Gasteiger partial charge in [-0.05, 0) is 12.1 Å². The minimum absolute atomic E-state index is 0.268. The number of rotatable bonds is 6. The first-order chi connectivity index (χ1) is 10.5. The van der Waals surface area contributed by atoms with E-state index < -0.39 is 10.0 Å². The maximum atomic E-state index is 11.1. The predicted molar refractivity (Wildman–Crippen MR) is 83.5 cm³/mol. The molecule has 0 aliphatic carbocycles. The maximum absolute atomic E-state index is 11.1. The zero-order chi connectivity index (χ0) is 16.0. The highest BCUT2D eigenvalue weighted by atomic mass is 32.2. The Hall–Kier alpha value is -2.00. The van der Waals surface area contributed by atoms with Gasteiger partial charge in [0.2, 0.25) is 16.0 Å². The largest absolute Gasteiger partial charge is 0.493 e. The summed E-state index contributed by atoms with van der Waals surface area (Å²) in [5.41, 5.74) is 0. The molecule has 1 aliphatic heterocycles. The van der Waals surface area contributed by atoms with Crippen LogP contribution in [0.1, 0.15) is 0 Å². The van der Waals surface area contributed by atoms with Crippen LogP contribution in [0, 0.1) is 0 Å². The van der Waals surface area contributed by atoms with Crippen LogP contribution < -0.4 is 19.5 Å². The molecule has 1 heterocycles. The van der Waals surface area contributed by atoms with Crippen molar-refractivity contribution in [3.05, 3.63) is 24.3 Å². The zero-order valence-electron chi connectivity index (χ0n) is 12.6. The molecule has 122 valence electrons. The third-order valence-corrected chi connectivity index (χ3v) is 3.48. The van der Waals surface area contributed by atoms with Gasteiger partial charge in [-0.2, -0.15) is 0 Å². The van der Waals surface area contributed by atoms with Crippen molar-refractivity contribution < 1.29 is 17.9 Å². The lowest BCUT2D eigenvalue weighted by Gasteiger charge is -2.26. The van der Waals surface area contributed by atoms with Gasteiger partial charge in [-0.3, -0.25) is 9.62 Å². The first kappa shape index (κ1) is 16.4. The molecule has 1 aromatic carbocycles. The molecule has 0 radical (unpaired) electrons. The molecule has 0 aromatic heterocycles. The van der Waals surface area contributed by atoms with Crippen LogP contribution in [-0.4, -0.2) is 59.1 Å². The molecule has 9 heteroatoms. The number of nitrogens with zero attached hydrogens (tertiary/aromatic N) is 2. The fourth-order valence-corrected chi connectivity index (χ4v) is 2.37. The Morgan fingerprint density at radius 3 is 2.68 bits per heavy atom. The first-order valence-electron chi connectivity index (χ1n) is 6.72. The van der Waals surface area contributed by atoms with Gasteiger partial charge < -0.3 is 14.8 Å². The van der Waals surface area contributed by atoms with E-state index in [4.69, 9.17) is 9.47 Å². The Kier molecular flexibility index (Phi) is 5.45. The lowest BCUT2D eigenvalue weighted by molar-refractivity contribution is 0.199. The lowest BCUT2D eigenvalue weighted by Crippen LogP contribution is -2.50. The van der Waals surface area contributed by atoms with Crippen molar-refractivity contribution in [2.24, 2.45) is 4.99 Å². The summed E-state index contributed by atoms with van der Waals surface area (Å²) in [6.07, 6.45) is 1.09. The van der Waals surface area contributed by atoms with Crippen LogP contribution in [0.2, 0.25) is 0 Å². The predicted octanol–water partition coefficient (Wildman–Crippen LogP) is -0.201. The Labute approximate surface area is 130 Å². The molecule has 22 heavy (non-hydrogen) atoms. The number of benzene rings is 1. The van der Waals surface area contributed by atoms with Crippen molar-refractivity contribution in [1.29, 1.82) is 0 Å². The van der Waals surface area contributed by atoms with E-state index >= 15 is 0 Å². The molecule has 0 saturated heterocycles. The van der Waals surface area contributed by atoms with Crippen LogP contribution in [0.3, 0.4) is 0 Å². The Morgan fingerprint density at radius 1 is 1.36 bits per heavy atom. The molecule has 0 spiro atoms. The van der Waals surface area contributed by atoms with E-state index in [1.165, 1.54) is 0 Å². The van der Waals surface area contributed by atoms with Crippen LogP contribution in [-0.2, 0) is 10.0 Å². The van der Waals surface area contributed by atoms with Crippen molar-refractivity contribution in [3.8, 4) is 11.5 Å².